The number of phenols is 1. The van der Waals surface area contributed by atoms with Gasteiger partial charge in [-0.15, -0.1) is 6.42 Å². The van der Waals surface area contributed by atoms with Crippen LogP contribution >= 0.6 is 0 Å². The summed E-state index contributed by atoms with van der Waals surface area (Å²) < 4.78 is 58.4. The Bertz CT molecular complexity index is 1880. The lowest BCUT2D eigenvalue weighted by Gasteiger charge is -2.33. The van der Waals surface area contributed by atoms with Crippen molar-refractivity contribution < 1.29 is 27.8 Å². The van der Waals surface area contributed by atoms with E-state index in [0.717, 1.165) is 38.6 Å². The molecule has 1 saturated carbocycles. The number of halogens is 3. The van der Waals surface area contributed by atoms with Gasteiger partial charge < -0.3 is 19.9 Å². The number of terminal acetylenes is 1. The summed E-state index contributed by atoms with van der Waals surface area (Å²) in [5.41, 5.74) is -0.724. The first-order valence-electron chi connectivity index (χ1n) is 15.1. The monoisotopic (exact) mass is 601 g/mol. The second kappa shape index (κ2) is 10.1. The molecule has 2 aromatic carbocycles. The molecule has 0 radical (unpaired) electrons. The highest BCUT2D eigenvalue weighted by Crippen LogP contribution is 2.44. The first kappa shape index (κ1) is 27.3. The lowest BCUT2D eigenvalue weighted by molar-refractivity contribution is 0.107. The number of fused-ring (bicyclic) bond motifs is 2. The van der Waals surface area contributed by atoms with Crippen molar-refractivity contribution in [2.24, 2.45) is 5.92 Å². The average molecular weight is 602 g/mol. The summed E-state index contributed by atoms with van der Waals surface area (Å²) in [5, 5.41) is 14.9. The average Bonchev–Trinajstić information content (AvgIpc) is 3.43. The summed E-state index contributed by atoms with van der Waals surface area (Å²) in [5.74, 6) is 1.52. The van der Waals surface area contributed by atoms with E-state index >= 15 is 4.39 Å². The number of aromatic hydroxyl groups is 1. The van der Waals surface area contributed by atoms with Gasteiger partial charge in [-0.2, -0.15) is 9.97 Å². The Morgan fingerprint density at radius 2 is 2.02 bits per heavy atom. The van der Waals surface area contributed by atoms with Crippen LogP contribution in [0, 0.1) is 29.9 Å². The van der Waals surface area contributed by atoms with Gasteiger partial charge in [0.1, 0.15) is 53.4 Å². The quantitative estimate of drug-likeness (QED) is 0.280. The van der Waals surface area contributed by atoms with E-state index in [0.29, 0.717) is 30.1 Å². The molecule has 3 atom stereocenters. The zero-order valence-electron chi connectivity index (χ0n) is 23.9. The molecular formula is C33H30F3N5O3. The highest BCUT2D eigenvalue weighted by Gasteiger charge is 2.49. The van der Waals surface area contributed by atoms with Gasteiger partial charge in [0.2, 0.25) is 5.88 Å². The first-order valence-corrected chi connectivity index (χ1v) is 15.1. The van der Waals surface area contributed by atoms with Gasteiger partial charge in [-0.3, -0.25) is 4.90 Å². The van der Waals surface area contributed by atoms with Gasteiger partial charge in [0.15, 0.2) is 5.82 Å². The van der Waals surface area contributed by atoms with Gasteiger partial charge in [-0.1, -0.05) is 18.4 Å². The Balaban J connectivity index is 1.30. The number of rotatable bonds is 5. The summed E-state index contributed by atoms with van der Waals surface area (Å²) in [6.45, 7) is 1.63. The second-order valence-corrected chi connectivity index (χ2v) is 12.4. The van der Waals surface area contributed by atoms with Crippen molar-refractivity contribution >= 4 is 27.5 Å². The zero-order valence-corrected chi connectivity index (χ0v) is 23.9. The molecule has 4 aliphatic rings. The van der Waals surface area contributed by atoms with Gasteiger partial charge in [-0.05, 0) is 61.7 Å². The summed E-state index contributed by atoms with van der Waals surface area (Å²) >= 11 is 0. The maximum absolute atomic E-state index is 16.7. The molecule has 5 heterocycles. The molecule has 3 aliphatic heterocycles. The number of benzene rings is 2. The molecule has 44 heavy (non-hydrogen) atoms. The number of hydrogen-bond acceptors (Lipinski definition) is 8. The Morgan fingerprint density at radius 1 is 1.16 bits per heavy atom. The Labute approximate surface area is 251 Å². The van der Waals surface area contributed by atoms with Crippen LogP contribution in [0.4, 0.5) is 19.0 Å². The summed E-state index contributed by atoms with van der Waals surface area (Å²) in [6.07, 6.45) is 10.1. The molecule has 0 bridgehead atoms. The molecule has 0 amide bonds. The molecule has 2 aromatic heterocycles. The van der Waals surface area contributed by atoms with E-state index in [4.69, 9.17) is 15.9 Å². The molecule has 8 nitrogen and oxygen atoms in total. The largest absolute Gasteiger partial charge is 0.508 e. The molecule has 1 aliphatic carbocycles. The first-order chi connectivity index (χ1) is 21.3. The van der Waals surface area contributed by atoms with E-state index in [1.807, 2.05) is 0 Å². The topological polar surface area (TPSA) is 92.6 Å². The molecule has 226 valence electrons. The highest BCUT2D eigenvalue weighted by atomic mass is 19.1. The lowest BCUT2D eigenvalue weighted by atomic mass is 9.80. The van der Waals surface area contributed by atoms with Crippen LogP contribution in [0.15, 0.2) is 24.3 Å². The fourth-order valence-corrected chi connectivity index (χ4v) is 7.45. The summed E-state index contributed by atoms with van der Waals surface area (Å²) in [7, 11) is 0. The number of ether oxygens (including phenoxy) is 2. The van der Waals surface area contributed by atoms with Crippen molar-refractivity contribution in [2.75, 3.05) is 31.6 Å². The minimum absolute atomic E-state index is 0.0454. The third-order valence-corrected chi connectivity index (χ3v) is 9.85. The molecule has 0 spiro atoms. The van der Waals surface area contributed by atoms with E-state index in [-0.39, 0.29) is 70.0 Å². The number of hydrogen-bond donors (Lipinski definition) is 2. The number of nitrogens with zero attached hydrogens (tertiary/aromatic N) is 4. The van der Waals surface area contributed by atoms with Crippen LogP contribution in [0.3, 0.4) is 0 Å². The number of anilines is 1. The lowest BCUT2D eigenvalue weighted by Crippen LogP contribution is -2.43. The Morgan fingerprint density at radius 3 is 2.82 bits per heavy atom. The van der Waals surface area contributed by atoms with E-state index in [9.17, 15) is 13.9 Å². The van der Waals surface area contributed by atoms with Crippen LogP contribution in [0.5, 0.6) is 17.6 Å². The van der Waals surface area contributed by atoms with Gasteiger partial charge in [0.05, 0.1) is 17.1 Å². The molecule has 0 unspecified atom stereocenters. The number of alkyl halides is 1. The second-order valence-electron chi connectivity index (χ2n) is 12.4. The third-order valence-electron chi connectivity index (χ3n) is 9.85. The van der Waals surface area contributed by atoms with Crippen LogP contribution in [-0.4, -0.2) is 69.0 Å². The zero-order chi connectivity index (χ0) is 30.2. The number of aromatic nitrogens is 3. The fourth-order valence-electron chi connectivity index (χ4n) is 7.45. The number of phenolic OH excluding ortho intramolecular Hbond substituents is 1. The normalized spacial score (nSPS) is 24.8. The SMILES string of the molecule is C#Cc1c(F)ccc2cc(O)cc(-c3nc4c5c(nc(OC[C@@]67CCCN6C[C@H](F)C7)nc5c3F)N[C@@H](C3CCC3)CO4)c12. The van der Waals surface area contributed by atoms with Crippen LogP contribution in [0.1, 0.15) is 44.1 Å². The van der Waals surface area contributed by atoms with E-state index in [1.165, 1.54) is 24.3 Å². The molecule has 2 N–H and O–H groups in total. The van der Waals surface area contributed by atoms with Crippen molar-refractivity contribution in [2.45, 2.75) is 56.3 Å². The van der Waals surface area contributed by atoms with Crippen LogP contribution in [0.2, 0.25) is 0 Å². The minimum Gasteiger partial charge on any atom is -0.508 e. The summed E-state index contributed by atoms with van der Waals surface area (Å²) in [4.78, 5) is 15.9. The predicted molar refractivity (Wildman–Crippen MR) is 159 cm³/mol. The van der Waals surface area contributed by atoms with Gasteiger partial charge in [0.25, 0.3) is 0 Å². The van der Waals surface area contributed by atoms with Crippen molar-refractivity contribution in [1.29, 1.82) is 0 Å². The fraction of sp³-hybridized carbons (Fsp3) is 0.424. The Kier molecular flexibility index (Phi) is 6.27. The summed E-state index contributed by atoms with van der Waals surface area (Å²) in [6, 6.07) is 5.27. The molecule has 3 fully saturated rings. The van der Waals surface area contributed by atoms with E-state index in [2.05, 4.69) is 31.1 Å². The van der Waals surface area contributed by atoms with Crippen molar-refractivity contribution in [1.82, 2.24) is 19.9 Å². The minimum atomic E-state index is -0.924. The smallest absolute Gasteiger partial charge is 0.319 e. The van der Waals surface area contributed by atoms with Crippen molar-refractivity contribution in [3.63, 3.8) is 0 Å². The van der Waals surface area contributed by atoms with Crippen molar-refractivity contribution in [3.8, 4) is 41.2 Å². The standard InChI is InChI=1S/C33H30F3N5O3/c1-2-21-23(35)8-7-18-11-20(42)12-22(25(18)21)28-27(36)29-26-30(37-24(17-5-3-6-17)15-43-31(26)38-28)40-32(39-29)44-16-33-9-4-10-41(33)14-19(34)13-33/h1,7-8,11-12,17,19,24,42H,3-6,9-10,13-16H2,(H,37,39,40)/t19-,24-,33+/m1/s1. The van der Waals surface area contributed by atoms with Crippen molar-refractivity contribution in [3.05, 3.63) is 41.5 Å². The van der Waals surface area contributed by atoms with Crippen LogP contribution < -0.4 is 14.8 Å². The molecule has 8 rings (SSSR count). The van der Waals surface area contributed by atoms with Gasteiger partial charge in [0, 0.05) is 23.9 Å². The molecule has 2 saturated heterocycles. The molecular weight excluding hydrogens is 571 g/mol. The van der Waals surface area contributed by atoms with Gasteiger partial charge >= 0.3 is 6.01 Å². The predicted octanol–water partition coefficient (Wildman–Crippen LogP) is 5.74. The van der Waals surface area contributed by atoms with Gasteiger partial charge in [-0.25, -0.2) is 18.2 Å². The highest BCUT2D eigenvalue weighted by molar-refractivity contribution is 6.04. The maximum Gasteiger partial charge on any atom is 0.319 e. The van der Waals surface area contributed by atoms with Crippen LogP contribution in [0.25, 0.3) is 32.9 Å². The Hall–Kier alpha value is -4.30. The molecule has 4 aromatic rings. The number of nitrogens with one attached hydrogen (secondary N) is 1. The molecule has 11 heteroatoms. The van der Waals surface area contributed by atoms with E-state index in [1.54, 1.807) is 0 Å². The number of pyridine rings is 1. The van der Waals surface area contributed by atoms with E-state index < -0.39 is 23.3 Å². The maximum atomic E-state index is 16.7. The van der Waals surface area contributed by atoms with Crippen LogP contribution in [-0.2, 0) is 0 Å². The third kappa shape index (κ3) is 4.22.